The average molecular weight is 216 g/mol. The molecule has 14 heavy (non-hydrogen) atoms. The van der Waals surface area contributed by atoms with Crippen molar-refractivity contribution < 1.29 is 4.79 Å². The predicted molar refractivity (Wildman–Crippen MR) is 61.3 cm³/mol. The monoisotopic (exact) mass is 216 g/mol. The molecule has 1 fully saturated rings. The normalized spacial score (nSPS) is 25.8. The van der Waals surface area contributed by atoms with E-state index < -0.39 is 0 Å². The summed E-state index contributed by atoms with van der Waals surface area (Å²) >= 11 is 1.96. The Morgan fingerprint density at radius 3 is 2.86 bits per heavy atom. The summed E-state index contributed by atoms with van der Waals surface area (Å²) in [5.41, 5.74) is 5.65. The Kier molecular flexibility index (Phi) is 4.75. The number of thioether (sulfide) groups is 1. The highest BCUT2D eigenvalue weighted by Gasteiger charge is 2.20. The molecule has 0 bridgehead atoms. The predicted octanol–water partition coefficient (Wildman–Crippen LogP) is 0.981. The molecule has 0 aliphatic carbocycles. The van der Waals surface area contributed by atoms with Gasteiger partial charge in [-0.25, -0.2) is 0 Å². The summed E-state index contributed by atoms with van der Waals surface area (Å²) in [6.07, 6.45) is 2.52. The van der Waals surface area contributed by atoms with Crippen LogP contribution in [-0.4, -0.2) is 29.5 Å². The number of nitrogens with two attached hydrogens (primary N) is 1. The van der Waals surface area contributed by atoms with Crippen molar-refractivity contribution >= 4 is 17.7 Å². The zero-order chi connectivity index (χ0) is 10.6. The molecule has 3 unspecified atom stereocenters. The van der Waals surface area contributed by atoms with Crippen molar-refractivity contribution in [3.8, 4) is 0 Å². The largest absolute Gasteiger partial charge is 0.355 e. The summed E-state index contributed by atoms with van der Waals surface area (Å²) < 4.78 is 0. The van der Waals surface area contributed by atoms with Gasteiger partial charge in [-0.3, -0.25) is 4.79 Å². The molecule has 0 aromatic rings. The zero-order valence-electron chi connectivity index (χ0n) is 8.95. The van der Waals surface area contributed by atoms with Gasteiger partial charge < -0.3 is 11.1 Å². The molecular weight excluding hydrogens is 196 g/mol. The first-order chi connectivity index (χ1) is 6.61. The van der Waals surface area contributed by atoms with Crippen molar-refractivity contribution in [3.05, 3.63) is 0 Å². The van der Waals surface area contributed by atoms with Crippen LogP contribution in [0.4, 0.5) is 0 Å². The van der Waals surface area contributed by atoms with Gasteiger partial charge in [0, 0.05) is 23.8 Å². The first kappa shape index (κ1) is 11.9. The van der Waals surface area contributed by atoms with Crippen molar-refractivity contribution in [2.24, 2.45) is 11.7 Å². The van der Waals surface area contributed by atoms with Crippen LogP contribution in [0.2, 0.25) is 0 Å². The lowest BCUT2D eigenvalue weighted by molar-refractivity contribution is -0.124. The maximum Gasteiger partial charge on any atom is 0.224 e. The van der Waals surface area contributed by atoms with Gasteiger partial charge in [-0.2, -0.15) is 11.8 Å². The van der Waals surface area contributed by atoms with Crippen LogP contribution in [-0.2, 0) is 4.79 Å². The van der Waals surface area contributed by atoms with Gasteiger partial charge in [-0.1, -0.05) is 6.92 Å². The first-order valence-corrected chi connectivity index (χ1v) is 6.31. The van der Waals surface area contributed by atoms with Crippen molar-refractivity contribution in [2.45, 2.75) is 38.0 Å². The highest BCUT2D eigenvalue weighted by Crippen LogP contribution is 2.25. The van der Waals surface area contributed by atoms with E-state index in [9.17, 15) is 4.79 Å². The molecule has 1 rings (SSSR count). The maximum atomic E-state index is 11.5. The highest BCUT2D eigenvalue weighted by molar-refractivity contribution is 8.00. The highest BCUT2D eigenvalue weighted by atomic mass is 32.2. The van der Waals surface area contributed by atoms with Crippen LogP contribution < -0.4 is 11.1 Å². The first-order valence-electron chi connectivity index (χ1n) is 5.26. The maximum absolute atomic E-state index is 11.5. The molecule has 3 N–H and O–H groups in total. The molecule has 0 spiro atoms. The molecule has 3 atom stereocenters. The molecule has 1 aliphatic rings. The Balaban J connectivity index is 2.19. The molecule has 0 aromatic carbocycles. The molecule has 4 heteroatoms. The second-order valence-corrected chi connectivity index (χ2v) is 5.44. The summed E-state index contributed by atoms with van der Waals surface area (Å²) in [6, 6.07) is -0.0637. The van der Waals surface area contributed by atoms with Gasteiger partial charge in [0.05, 0.1) is 0 Å². The average Bonchev–Trinajstić information content (AvgIpc) is 2.65. The molecule has 3 nitrogen and oxygen atoms in total. The van der Waals surface area contributed by atoms with Crippen molar-refractivity contribution in [2.75, 3.05) is 12.3 Å². The van der Waals surface area contributed by atoms with E-state index in [1.54, 1.807) is 0 Å². The minimum absolute atomic E-state index is 0.0637. The number of hydrogen-bond acceptors (Lipinski definition) is 3. The van der Waals surface area contributed by atoms with Crippen LogP contribution in [0.3, 0.4) is 0 Å². The Morgan fingerprint density at radius 2 is 2.36 bits per heavy atom. The minimum atomic E-state index is -0.0820. The van der Waals surface area contributed by atoms with Crippen LogP contribution in [0.1, 0.15) is 26.7 Å². The van der Waals surface area contributed by atoms with E-state index in [-0.39, 0.29) is 17.9 Å². The Labute approximate surface area is 90.2 Å². The van der Waals surface area contributed by atoms with Crippen LogP contribution in [0.15, 0.2) is 0 Å². The lowest BCUT2D eigenvalue weighted by atomic mass is 10.0. The number of nitrogens with one attached hydrogen (secondary N) is 1. The van der Waals surface area contributed by atoms with E-state index in [1.165, 1.54) is 18.6 Å². The van der Waals surface area contributed by atoms with E-state index in [0.29, 0.717) is 5.25 Å². The van der Waals surface area contributed by atoms with Gasteiger partial charge in [-0.05, 0) is 25.5 Å². The standard InChI is InChI=1S/C10H20N2OS/c1-7(8(2)11)10(13)12-6-9-4-3-5-14-9/h7-9H,3-6,11H2,1-2H3,(H,12,13). The molecule has 1 amide bonds. The number of carbonyl (C=O) groups excluding carboxylic acids is 1. The van der Waals surface area contributed by atoms with Gasteiger partial charge in [-0.15, -0.1) is 0 Å². The number of rotatable bonds is 4. The summed E-state index contributed by atoms with van der Waals surface area (Å²) in [5, 5.41) is 3.59. The SMILES string of the molecule is CC(N)C(C)C(=O)NCC1CCCS1. The van der Waals surface area contributed by atoms with Crippen LogP contribution in [0.5, 0.6) is 0 Å². The van der Waals surface area contributed by atoms with Gasteiger partial charge in [0.1, 0.15) is 0 Å². The Hall–Kier alpha value is -0.220. The number of amides is 1. The molecule has 0 radical (unpaired) electrons. The van der Waals surface area contributed by atoms with Crippen molar-refractivity contribution in [1.82, 2.24) is 5.32 Å². The minimum Gasteiger partial charge on any atom is -0.355 e. The molecule has 1 aliphatic heterocycles. The summed E-state index contributed by atoms with van der Waals surface area (Å²) in [4.78, 5) is 11.5. The van der Waals surface area contributed by atoms with E-state index >= 15 is 0 Å². The molecular formula is C10H20N2OS. The summed E-state index contributed by atoms with van der Waals surface area (Å²) in [7, 11) is 0. The second kappa shape index (κ2) is 5.61. The van der Waals surface area contributed by atoms with E-state index in [1.807, 2.05) is 25.6 Å². The summed E-state index contributed by atoms with van der Waals surface area (Å²) in [5.74, 6) is 1.25. The quantitative estimate of drug-likeness (QED) is 0.736. The van der Waals surface area contributed by atoms with Crippen LogP contribution in [0, 0.1) is 5.92 Å². The topological polar surface area (TPSA) is 55.1 Å². The van der Waals surface area contributed by atoms with Crippen LogP contribution >= 0.6 is 11.8 Å². The molecule has 82 valence electrons. The number of carbonyl (C=O) groups is 1. The third-order valence-corrected chi connectivity index (χ3v) is 4.13. The third-order valence-electron chi connectivity index (χ3n) is 2.73. The van der Waals surface area contributed by atoms with E-state index in [2.05, 4.69) is 5.32 Å². The van der Waals surface area contributed by atoms with Gasteiger partial charge in [0.15, 0.2) is 0 Å². The molecule has 0 saturated carbocycles. The van der Waals surface area contributed by atoms with Crippen molar-refractivity contribution in [3.63, 3.8) is 0 Å². The van der Waals surface area contributed by atoms with E-state index in [0.717, 1.165) is 6.54 Å². The molecule has 1 heterocycles. The van der Waals surface area contributed by atoms with Gasteiger partial charge >= 0.3 is 0 Å². The molecule has 1 saturated heterocycles. The summed E-state index contributed by atoms with van der Waals surface area (Å²) in [6.45, 7) is 4.55. The lowest BCUT2D eigenvalue weighted by Gasteiger charge is -2.17. The zero-order valence-corrected chi connectivity index (χ0v) is 9.77. The Morgan fingerprint density at radius 1 is 1.64 bits per heavy atom. The Bertz CT molecular complexity index is 191. The van der Waals surface area contributed by atoms with Crippen molar-refractivity contribution in [1.29, 1.82) is 0 Å². The number of hydrogen-bond donors (Lipinski definition) is 2. The second-order valence-electron chi connectivity index (χ2n) is 4.03. The smallest absolute Gasteiger partial charge is 0.224 e. The fourth-order valence-electron chi connectivity index (χ4n) is 1.42. The lowest BCUT2D eigenvalue weighted by Crippen LogP contribution is -2.40. The fraction of sp³-hybridized carbons (Fsp3) is 0.900. The fourth-order valence-corrected chi connectivity index (χ4v) is 2.62. The van der Waals surface area contributed by atoms with E-state index in [4.69, 9.17) is 5.73 Å². The van der Waals surface area contributed by atoms with Gasteiger partial charge in [0.2, 0.25) is 5.91 Å². The van der Waals surface area contributed by atoms with Gasteiger partial charge in [0.25, 0.3) is 0 Å². The van der Waals surface area contributed by atoms with Crippen LogP contribution in [0.25, 0.3) is 0 Å². The molecule has 0 aromatic heterocycles. The third kappa shape index (κ3) is 3.50.